The summed E-state index contributed by atoms with van der Waals surface area (Å²) in [7, 11) is 0. The second kappa shape index (κ2) is 4.57. The number of rotatable bonds is 1. The first-order valence-corrected chi connectivity index (χ1v) is 4.11. The van der Waals surface area contributed by atoms with Gasteiger partial charge in [-0.15, -0.1) is 22.1 Å². The van der Waals surface area contributed by atoms with Crippen LogP contribution in [-0.4, -0.2) is 22.9 Å². The van der Waals surface area contributed by atoms with E-state index in [1.807, 2.05) is 0 Å². The monoisotopic (exact) mass is 249 g/mol. The van der Waals surface area contributed by atoms with Crippen molar-refractivity contribution in [1.82, 2.24) is 15.1 Å². The minimum Gasteiger partial charge on any atom is -0.395 e. The molecule has 0 bridgehead atoms. The highest BCUT2D eigenvalue weighted by Gasteiger charge is 2.17. The summed E-state index contributed by atoms with van der Waals surface area (Å²) in [6.45, 7) is 1.90. The highest BCUT2D eigenvalue weighted by Crippen LogP contribution is 2.14. The van der Waals surface area contributed by atoms with Gasteiger partial charge in [0.05, 0.1) is 6.04 Å². The molecule has 1 saturated heterocycles. The number of halogens is 1. The maximum absolute atomic E-state index is 11.0. The van der Waals surface area contributed by atoms with Crippen molar-refractivity contribution >= 4 is 17.0 Å². The van der Waals surface area contributed by atoms with Crippen molar-refractivity contribution in [3.8, 4) is 0 Å². The van der Waals surface area contributed by atoms with E-state index >= 15 is 0 Å². The predicted octanol–water partition coefficient (Wildman–Crippen LogP) is 0.339. The number of hydrogen-bond acceptors (Lipinski definition) is 4. The Morgan fingerprint density at radius 3 is 2.77 bits per heavy atom. The van der Waals surface area contributed by atoms with E-state index in [2.05, 4.69) is 14.8 Å². The lowest BCUT2D eigenvalue weighted by Gasteiger charge is -2.20. The summed E-state index contributed by atoms with van der Waals surface area (Å²) in [4.78, 5) is 11.0. The van der Waals surface area contributed by atoms with E-state index in [1.165, 1.54) is 11.1 Å². The average Bonchev–Trinajstić information content (AvgIpc) is 2.53. The van der Waals surface area contributed by atoms with Crippen molar-refractivity contribution < 1.29 is 4.42 Å². The zero-order valence-electron chi connectivity index (χ0n) is 7.10. The molecular weight excluding hydrogens is 238 g/mol. The summed E-state index contributed by atoms with van der Waals surface area (Å²) in [6.07, 6.45) is 3.10. The molecule has 0 saturated carbocycles. The Kier molecular flexibility index (Phi) is 3.68. The molecule has 1 aromatic heterocycles. The van der Waals surface area contributed by atoms with Crippen LogP contribution in [0.1, 0.15) is 18.9 Å². The van der Waals surface area contributed by atoms with Crippen LogP contribution in [0, 0.1) is 0 Å². The normalized spacial score (nSPS) is 18.2. The van der Waals surface area contributed by atoms with Crippen molar-refractivity contribution in [3.63, 3.8) is 0 Å². The molecule has 1 aliphatic heterocycles. The molecule has 0 aromatic carbocycles. The van der Waals surface area contributed by atoms with Crippen molar-refractivity contribution in [2.75, 3.05) is 13.1 Å². The third-order valence-electron chi connectivity index (χ3n) is 2.17. The SMILES string of the molecule is Br.O=c1ocnn1C1CCNCC1. The zero-order valence-corrected chi connectivity index (χ0v) is 8.82. The third-order valence-corrected chi connectivity index (χ3v) is 2.17. The summed E-state index contributed by atoms with van der Waals surface area (Å²) >= 11 is 0. The highest BCUT2D eigenvalue weighted by atomic mass is 79.9. The first-order valence-electron chi connectivity index (χ1n) is 4.11. The van der Waals surface area contributed by atoms with Crippen LogP contribution in [0.3, 0.4) is 0 Å². The van der Waals surface area contributed by atoms with Crippen LogP contribution >= 0.6 is 17.0 Å². The van der Waals surface area contributed by atoms with E-state index in [9.17, 15) is 4.79 Å². The Hall–Kier alpha value is -0.620. The van der Waals surface area contributed by atoms with Crippen LogP contribution in [-0.2, 0) is 0 Å². The van der Waals surface area contributed by atoms with Gasteiger partial charge in [-0.25, -0.2) is 4.79 Å². The molecule has 1 fully saturated rings. The van der Waals surface area contributed by atoms with Crippen molar-refractivity contribution in [3.05, 3.63) is 16.9 Å². The van der Waals surface area contributed by atoms with E-state index < -0.39 is 0 Å². The van der Waals surface area contributed by atoms with Gasteiger partial charge in [-0.2, -0.15) is 4.68 Å². The van der Waals surface area contributed by atoms with E-state index in [0.717, 1.165) is 25.9 Å². The summed E-state index contributed by atoms with van der Waals surface area (Å²) in [5.74, 6) is -0.345. The molecule has 13 heavy (non-hydrogen) atoms. The van der Waals surface area contributed by atoms with Gasteiger partial charge in [-0.05, 0) is 25.9 Å². The van der Waals surface area contributed by atoms with Crippen LogP contribution in [0.25, 0.3) is 0 Å². The number of nitrogens with zero attached hydrogens (tertiary/aromatic N) is 2. The quantitative estimate of drug-likeness (QED) is 0.780. The maximum Gasteiger partial charge on any atom is 0.437 e. The van der Waals surface area contributed by atoms with Crippen molar-refractivity contribution in [1.29, 1.82) is 0 Å². The topological polar surface area (TPSA) is 60.1 Å². The molecule has 0 spiro atoms. The minimum atomic E-state index is -0.345. The van der Waals surface area contributed by atoms with Gasteiger partial charge in [0.1, 0.15) is 0 Å². The summed E-state index contributed by atoms with van der Waals surface area (Å²) in [5.41, 5.74) is 0. The Morgan fingerprint density at radius 1 is 1.54 bits per heavy atom. The second-order valence-electron chi connectivity index (χ2n) is 2.93. The van der Waals surface area contributed by atoms with E-state index in [4.69, 9.17) is 0 Å². The fourth-order valence-corrected chi connectivity index (χ4v) is 1.52. The average molecular weight is 250 g/mol. The fourth-order valence-electron chi connectivity index (χ4n) is 1.52. The van der Waals surface area contributed by atoms with E-state index in [-0.39, 0.29) is 28.8 Å². The molecule has 2 rings (SSSR count). The first kappa shape index (κ1) is 10.5. The van der Waals surface area contributed by atoms with Crippen molar-refractivity contribution in [2.45, 2.75) is 18.9 Å². The summed E-state index contributed by atoms with van der Waals surface area (Å²) in [6, 6.07) is 0.220. The van der Waals surface area contributed by atoms with Gasteiger partial charge >= 0.3 is 5.76 Å². The lowest BCUT2D eigenvalue weighted by Crippen LogP contribution is -2.33. The minimum absolute atomic E-state index is 0. The van der Waals surface area contributed by atoms with Crippen LogP contribution in [0.15, 0.2) is 15.6 Å². The molecule has 0 atom stereocenters. The standard InChI is InChI=1S/C7H11N3O2.BrH/c11-7-10(9-5-12-7)6-1-3-8-4-2-6;/h5-6,8H,1-4H2;1H. The molecule has 0 unspecified atom stereocenters. The Morgan fingerprint density at radius 2 is 2.23 bits per heavy atom. The second-order valence-corrected chi connectivity index (χ2v) is 2.93. The van der Waals surface area contributed by atoms with E-state index in [0.29, 0.717) is 0 Å². The third kappa shape index (κ3) is 2.19. The fraction of sp³-hybridized carbons (Fsp3) is 0.714. The molecule has 74 valence electrons. The molecule has 6 heteroatoms. The van der Waals surface area contributed by atoms with Gasteiger partial charge in [0.25, 0.3) is 0 Å². The van der Waals surface area contributed by atoms with Crippen molar-refractivity contribution in [2.24, 2.45) is 0 Å². The molecule has 1 N–H and O–H groups in total. The number of aromatic nitrogens is 2. The molecule has 0 aliphatic carbocycles. The van der Waals surface area contributed by atoms with Gasteiger partial charge in [-0.3, -0.25) is 0 Å². The molecule has 0 radical (unpaired) electrons. The largest absolute Gasteiger partial charge is 0.437 e. The molecule has 1 aliphatic rings. The molecule has 1 aromatic rings. The number of nitrogens with one attached hydrogen (secondary N) is 1. The van der Waals surface area contributed by atoms with E-state index in [1.54, 1.807) is 0 Å². The van der Waals surface area contributed by atoms with Crippen LogP contribution < -0.4 is 11.1 Å². The summed E-state index contributed by atoms with van der Waals surface area (Å²) < 4.78 is 6.02. The van der Waals surface area contributed by atoms with Gasteiger partial charge in [-0.1, -0.05) is 0 Å². The highest BCUT2D eigenvalue weighted by molar-refractivity contribution is 8.93. The van der Waals surface area contributed by atoms with Crippen LogP contribution in [0.5, 0.6) is 0 Å². The molecule has 0 amide bonds. The zero-order chi connectivity index (χ0) is 8.39. The Balaban J connectivity index is 0.000000845. The first-order chi connectivity index (χ1) is 5.88. The molecular formula is C7H12BrN3O2. The maximum atomic E-state index is 11.0. The Labute approximate surface area is 85.9 Å². The molecule has 5 nitrogen and oxygen atoms in total. The lowest BCUT2D eigenvalue weighted by molar-refractivity contribution is 0.323. The predicted molar refractivity (Wildman–Crippen MR) is 52.2 cm³/mol. The smallest absolute Gasteiger partial charge is 0.395 e. The van der Waals surface area contributed by atoms with Crippen LogP contribution in [0.2, 0.25) is 0 Å². The van der Waals surface area contributed by atoms with Gasteiger partial charge in [0, 0.05) is 0 Å². The van der Waals surface area contributed by atoms with Gasteiger partial charge < -0.3 is 9.73 Å². The lowest BCUT2D eigenvalue weighted by atomic mass is 10.1. The van der Waals surface area contributed by atoms with Gasteiger partial charge in [0.15, 0.2) is 0 Å². The Bertz CT molecular complexity index is 303. The number of hydrogen-bond donors (Lipinski definition) is 1. The summed E-state index contributed by atoms with van der Waals surface area (Å²) in [5, 5.41) is 7.07. The van der Waals surface area contributed by atoms with Crippen LogP contribution in [0.4, 0.5) is 0 Å². The molecule has 2 heterocycles. The van der Waals surface area contributed by atoms with Gasteiger partial charge in [0.2, 0.25) is 6.39 Å². The number of piperidine rings is 1.